The van der Waals surface area contributed by atoms with E-state index in [0.717, 1.165) is 27.7 Å². The fourth-order valence-electron chi connectivity index (χ4n) is 2.72. The molecule has 1 rings (SSSR count). The van der Waals surface area contributed by atoms with Gasteiger partial charge >= 0.3 is 29.8 Å². The first-order valence-electron chi connectivity index (χ1n) is 7.44. The molecule has 0 saturated heterocycles. The minimum Gasteiger partial charge on any atom is -0.481 e. The number of hydrogen-bond donors (Lipinski definition) is 1. The third-order valence-corrected chi connectivity index (χ3v) is 3.44. The molecule has 0 spiro atoms. The van der Waals surface area contributed by atoms with Crippen molar-refractivity contribution in [2.75, 3.05) is 0 Å². The molecule has 1 aliphatic rings. The van der Waals surface area contributed by atoms with E-state index in [1.165, 1.54) is 0 Å². The lowest BCUT2D eigenvalue weighted by Gasteiger charge is -2.42. The Balaban J connectivity index is 3.33. The van der Waals surface area contributed by atoms with E-state index in [4.69, 9.17) is 18.9 Å². The molecule has 0 aromatic heterocycles. The van der Waals surface area contributed by atoms with Gasteiger partial charge in [0.2, 0.25) is 0 Å². The van der Waals surface area contributed by atoms with Crippen LogP contribution in [0.25, 0.3) is 0 Å². The number of aliphatic carboxylic acids is 1. The molecule has 0 bridgehead atoms. The molecule has 5 atom stereocenters. The molecule has 10 nitrogen and oxygen atoms in total. The van der Waals surface area contributed by atoms with E-state index in [1.54, 1.807) is 0 Å². The average Bonchev–Trinajstić information content (AvgIpc) is 2.42. The van der Waals surface area contributed by atoms with Crippen LogP contribution in [0.5, 0.6) is 0 Å². The zero-order chi connectivity index (χ0) is 19.3. The van der Waals surface area contributed by atoms with Gasteiger partial charge in [0, 0.05) is 34.1 Å². The van der Waals surface area contributed by atoms with Gasteiger partial charge in [-0.3, -0.25) is 24.0 Å². The third-order valence-electron chi connectivity index (χ3n) is 3.44. The van der Waals surface area contributed by atoms with Crippen LogP contribution in [-0.4, -0.2) is 59.4 Å². The highest BCUT2D eigenvalue weighted by atomic mass is 16.6. The lowest BCUT2D eigenvalue weighted by Crippen LogP contribution is -2.60. The number of carboxylic acid groups (broad SMARTS) is 1. The Kier molecular flexibility index (Phi) is 6.89. The quantitative estimate of drug-likeness (QED) is 0.518. The number of rotatable bonds is 5. The second-order valence-corrected chi connectivity index (χ2v) is 5.55. The fraction of sp³-hybridized carbons (Fsp3) is 0.667. The molecular formula is C15H20O10. The molecule has 1 aliphatic carbocycles. The number of carbonyl (C=O) groups excluding carboxylic acids is 4. The first-order valence-corrected chi connectivity index (χ1v) is 7.44. The second kappa shape index (κ2) is 8.45. The summed E-state index contributed by atoms with van der Waals surface area (Å²) in [5.41, 5.74) is 0. The van der Waals surface area contributed by atoms with Crippen LogP contribution in [0, 0.1) is 5.92 Å². The molecular weight excluding hydrogens is 340 g/mol. The molecule has 0 aliphatic heterocycles. The summed E-state index contributed by atoms with van der Waals surface area (Å²) in [6.07, 6.45) is -5.63. The van der Waals surface area contributed by atoms with Gasteiger partial charge in [-0.05, 0) is 0 Å². The summed E-state index contributed by atoms with van der Waals surface area (Å²) in [5, 5.41) is 9.41. The molecule has 10 heteroatoms. The summed E-state index contributed by atoms with van der Waals surface area (Å²) in [6.45, 7) is 4.29. The van der Waals surface area contributed by atoms with Crippen LogP contribution < -0.4 is 0 Å². The van der Waals surface area contributed by atoms with Crippen molar-refractivity contribution < 1.29 is 48.0 Å². The highest BCUT2D eigenvalue weighted by Crippen LogP contribution is 2.34. The third kappa shape index (κ3) is 5.73. The van der Waals surface area contributed by atoms with E-state index in [9.17, 15) is 29.1 Å². The standard InChI is InChI=1S/C15H20O10/c1-6(16)22-11-5-10(15(20)21)12(23-7(2)17)14(25-9(4)19)13(11)24-8(3)18/h10-14H,5H2,1-4H3,(H,20,21)/t10?,11-,12-,13+,14+/m1/s1. The van der Waals surface area contributed by atoms with Gasteiger partial charge in [-0.15, -0.1) is 0 Å². The minimum atomic E-state index is -1.44. The first-order chi connectivity index (χ1) is 11.5. The van der Waals surface area contributed by atoms with E-state index >= 15 is 0 Å². The van der Waals surface area contributed by atoms with Crippen molar-refractivity contribution >= 4 is 29.8 Å². The summed E-state index contributed by atoms with van der Waals surface area (Å²) in [6, 6.07) is 0. The van der Waals surface area contributed by atoms with Crippen molar-refractivity contribution in [2.45, 2.75) is 58.5 Å². The summed E-state index contributed by atoms with van der Waals surface area (Å²) in [5.74, 6) is -5.80. The zero-order valence-electron chi connectivity index (χ0n) is 14.2. The molecule has 1 unspecified atom stereocenters. The van der Waals surface area contributed by atoms with Gasteiger partial charge in [0.05, 0.1) is 0 Å². The monoisotopic (exact) mass is 360 g/mol. The molecule has 0 heterocycles. The van der Waals surface area contributed by atoms with Crippen LogP contribution in [0.2, 0.25) is 0 Å². The highest BCUT2D eigenvalue weighted by Gasteiger charge is 2.54. The minimum absolute atomic E-state index is 0.289. The summed E-state index contributed by atoms with van der Waals surface area (Å²) < 4.78 is 20.2. The van der Waals surface area contributed by atoms with Crippen LogP contribution in [0.3, 0.4) is 0 Å². The smallest absolute Gasteiger partial charge is 0.310 e. The number of ether oxygens (including phenoxy) is 4. The number of esters is 4. The van der Waals surface area contributed by atoms with Crippen molar-refractivity contribution in [1.82, 2.24) is 0 Å². The van der Waals surface area contributed by atoms with Crippen molar-refractivity contribution in [3.8, 4) is 0 Å². The molecule has 1 fully saturated rings. The van der Waals surface area contributed by atoms with Crippen molar-refractivity contribution in [3.05, 3.63) is 0 Å². The summed E-state index contributed by atoms with van der Waals surface area (Å²) >= 11 is 0. The van der Waals surface area contributed by atoms with Crippen LogP contribution in [-0.2, 0) is 42.9 Å². The van der Waals surface area contributed by atoms with Gasteiger partial charge < -0.3 is 24.1 Å². The van der Waals surface area contributed by atoms with Crippen molar-refractivity contribution in [1.29, 1.82) is 0 Å². The van der Waals surface area contributed by atoms with E-state index in [0.29, 0.717) is 0 Å². The Morgan fingerprint density at radius 3 is 1.48 bits per heavy atom. The molecule has 0 amide bonds. The largest absolute Gasteiger partial charge is 0.481 e. The predicted molar refractivity (Wildman–Crippen MR) is 78.0 cm³/mol. The van der Waals surface area contributed by atoms with Crippen LogP contribution >= 0.6 is 0 Å². The van der Waals surface area contributed by atoms with Gasteiger partial charge in [0.25, 0.3) is 0 Å². The van der Waals surface area contributed by atoms with Gasteiger partial charge in [0.1, 0.15) is 12.0 Å². The average molecular weight is 360 g/mol. The van der Waals surface area contributed by atoms with Gasteiger partial charge in [-0.2, -0.15) is 0 Å². The van der Waals surface area contributed by atoms with Crippen LogP contribution in [0.4, 0.5) is 0 Å². The van der Waals surface area contributed by atoms with Crippen LogP contribution in [0.15, 0.2) is 0 Å². The van der Waals surface area contributed by atoms with Gasteiger partial charge in [-0.25, -0.2) is 0 Å². The molecule has 140 valence electrons. The first kappa shape index (κ1) is 20.4. The second-order valence-electron chi connectivity index (χ2n) is 5.55. The molecule has 0 aromatic rings. The number of carbonyl (C=O) groups is 5. The Labute approximate surface area is 143 Å². The van der Waals surface area contributed by atoms with E-state index in [-0.39, 0.29) is 6.42 Å². The van der Waals surface area contributed by atoms with Gasteiger partial charge in [-0.1, -0.05) is 0 Å². The van der Waals surface area contributed by atoms with Crippen LogP contribution in [0.1, 0.15) is 34.1 Å². The van der Waals surface area contributed by atoms with Crippen molar-refractivity contribution in [2.24, 2.45) is 5.92 Å². The maximum Gasteiger partial charge on any atom is 0.310 e. The lowest BCUT2D eigenvalue weighted by molar-refractivity contribution is -0.220. The van der Waals surface area contributed by atoms with E-state index in [1.807, 2.05) is 0 Å². The molecule has 0 aromatic carbocycles. The topological polar surface area (TPSA) is 142 Å². The molecule has 1 N–H and O–H groups in total. The fourth-order valence-corrected chi connectivity index (χ4v) is 2.72. The van der Waals surface area contributed by atoms with E-state index < -0.39 is 60.2 Å². The Bertz CT molecular complexity index is 569. The van der Waals surface area contributed by atoms with Crippen molar-refractivity contribution in [3.63, 3.8) is 0 Å². The Morgan fingerprint density at radius 1 is 0.680 bits per heavy atom. The number of hydrogen-bond acceptors (Lipinski definition) is 9. The zero-order valence-corrected chi connectivity index (χ0v) is 14.2. The SMILES string of the molecule is CC(=O)O[C@@H]1[C@@H](OC(C)=O)[C@H](OC(C)=O)CC(C(=O)O)[C@H]1OC(C)=O. The van der Waals surface area contributed by atoms with Gasteiger partial charge in [0.15, 0.2) is 18.3 Å². The summed E-state index contributed by atoms with van der Waals surface area (Å²) in [4.78, 5) is 57.0. The highest BCUT2D eigenvalue weighted by molar-refractivity contribution is 5.74. The molecule has 1 saturated carbocycles. The van der Waals surface area contributed by atoms with E-state index in [2.05, 4.69) is 0 Å². The normalized spacial score (nSPS) is 28.4. The Morgan fingerprint density at radius 2 is 1.08 bits per heavy atom. The Hall–Kier alpha value is -2.65. The number of carboxylic acids is 1. The molecule has 25 heavy (non-hydrogen) atoms. The molecule has 0 radical (unpaired) electrons. The predicted octanol–water partition coefficient (Wildman–Crippen LogP) is -0.182. The summed E-state index contributed by atoms with van der Waals surface area (Å²) in [7, 11) is 0. The lowest BCUT2D eigenvalue weighted by atomic mass is 9.80. The maximum atomic E-state index is 11.6. The maximum absolute atomic E-state index is 11.6.